The molecule has 0 bridgehead atoms. The SMILES string of the molecule is COc1cc2ccccc2c2c1ccc1ccc3ccccc3c12. The number of fused-ring (bicyclic) bond motifs is 7. The van der Waals surface area contributed by atoms with Crippen LogP contribution in [0.3, 0.4) is 0 Å². The zero-order valence-corrected chi connectivity index (χ0v) is 13.4. The largest absolute Gasteiger partial charge is 0.496 e. The van der Waals surface area contributed by atoms with Gasteiger partial charge >= 0.3 is 0 Å². The molecule has 0 radical (unpaired) electrons. The zero-order chi connectivity index (χ0) is 16.1. The van der Waals surface area contributed by atoms with E-state index in [2.05, 4.69) is 78.9 Å². The standard InChI is InChI=1S/C23H16O/c1-24-21-14-17-7-3-5-9-19(17)23-20(21)13-12-16-11-10-15-6-2-4-8-18(15)22(16)23/h2-14H,1H3. The van der Waals surface area contributed by atoms with Gasteiger partial charge in [0.15, 0.2) is 0 Å². The fourth-order valence-electron chi connectivity index (χ4n) is 3.82. The molecule has 114 valence electrons. The van der Waals surface area contributed by atoms with Gasteiger partial charge in [-0.3, -0.25) is 0 Å². The van der Waals surface area contributed by atoms with Gasteiger partial charge < -0.3 is 4.74 Å². The van der Waals surface area contributed by atoms with Crippen LogP contribution in [0.1, 0.15) is 0 Å². The van der Waals surface area contributed by atoms with E-state index in [1.54, 1.807) is 7.11 Å². The maximum absolute atomic E-state index is 5.70. The molecule has 0 unspecified atom stereocenters. The van der Waals surface area contributed by atoms with E-state index < -0.39 is 0 Å². The van der Waals surface area contributed by atoms with Crippen LogP contribution in [0.4, 0.5) is 0 Å². The summed E-state index contributed by atoms with van der Waals surface area (Å²) in [6, 6.07) is 28.1. The summed E-state index contributed by atoms with van der Waals surface area (Å²) in [6.45, 7) is 0. The van der Waals surface area contributed by atoms with Gasteiger partial charge in [-0.15, -0.1) is 0 Å². The van der Waals surface area contributed by atoms with E-state index in [0.717, 1.165) is 5.75 Å². The van der Waals surface area contributed by atoms with Crippen LogP contribution in [0.15, 0.2) is 78.9 Å². The molecule has 1 heteroatoms. The molecule has 0 aliphatic rings. The van der Waals surface area contributed by atoms with Crippen molar-refractivity contribution in [2.45, 2.75) is 0 Å². The normalized spacial score (nSPS) is 11.5. The highest BCUT2D eigenvalue weighted by molar-refractivity contribution is 6.28. The van der Waals surface area contributed by atoms with Crippen molar-refractivity contribution in [1.82, 2.24) is 0 Å². The zero-order valence-electron chi connectivity index (χ0n) is 13.4. The molecule has 5 aromatic rings. The average Bonchev–Trinajstić information content (AvgIpc) is 2.66. The van der Waals surface area contributed by atoms with Crippen molar-refractivity contribution in [1.29, 1.82) is 0 Å². The highest BCUT2D eigenvalue weighted by Gasteiger charge is 2.12. The summed E-state index contributed by atoms with van der Waals surface area (Å²) in [5.41, 5.74) is 0. The van der Waals surface area contributed by atoms with Crippen molar-refractivity contribution >= 4 is 43.1 Å². The Labute approximate surface area is 140 Å². The van der Waals surface area contributed by atoms with Crippen LogP contribution in [-0.2, 0) is 0 Å². The third-order valence-corrected chi connectivity index (χ3v) is 4.91. The molecule has 0 saturated heterocycles. The van der Waals surface area contributed by atoms with Gasteiger partial charge in [0, 0.05) is 10.8 Å². The lowest BCUT2D eigenvalue weighted by Crippen LogP contribution is -1.88. The molecule has 5 aromatic carbocycles. The molecule has 5 rings (SSSR count). The first-order valence-corrected chi connectivity index (χ1v) is 8.17. The lowest BCUT2D eigenvalue weighted by atomic mass is 9.92. The van der Waals surface area contributed by atoms with Crippen LogP contribution in [0.2, 0.25) is 0 Å². The van der Waals surface area contributed by atoms with Crippen LogP contribution in [-0.4, -0.2) is 7.11 Å². The Balaban J connectivity index is 2.18. The summed E-state index contributed by atoms with van der Waals surface area (Å²) < 4.78 is 5.70. The number of hydrogen-bond donors (Lipinski definition) is 0. The average molecular weight is 308 g/mol. The Morgan fingerprint density at radius 1 is 0.542 bits per heavy atom. The number of hydrogen-bond acceptors (Lipinski definition) is 1. The van der Waals surface area contributed by atoms with Gasteiger partial charge in [0.25, 0.3) is 0 Å². The third kappa shape index (κ3) is 1.75. The van der Waals surface area contributed by atoms with Crippen molar-refractivity contribution in [3.63, 3.8) is 0 Å². The minimum absolute atomic E-state index is 0.929. The molecule has 1 nitrogen and oxygen atoms in total. The summed E-state index contributed by atoms with van der Waals surface area (Å²) in [5, 5.41) is 10.1. The van der Waals surface area contributed by atoms with Crippen molar-refractivity contribution in [2.75, 3.05) is 7.11 Å². The van der Waals surface area contributed by atoms with E-state index in [4.69, 9.17) is 4.74 Å². The van der Waals surface area contributed by atoms with E-state index in [1.165, 1.54) is 43.1 Å². The van der Waals surface area contributed by atoms with Gasteiger partial charge in [-0.25, -0.2) is 0 Å². The fourth-order valence-corrected chi connectivity index (χ4v) is 3.82. The topological polar surface area (TPSA) is 9.23 Å². The summed E-state index contributed by atoms with van der Waals surface area (Å²) in [4.78, 5) is 0. The predicted octanol–water partition coefficient (Wildman–Crippen LogP) is 6.31. The smallest absolute Gasteiger partial charge is 0.127 e. The van der Waals surface area contributed by atoms with E-state index >= 15 is 0 Å². The highest BCUT2D eigenvalue weighted by Crippen LogP contribution is 2.40. The summed E-state index contributed by atoms with van der Waals surface area (Å²) in [7, 11) is 1.75. The van der Waals surface area contributed by atoms with E-state index in [-0.39, 0.29) is 0 Å². The molecule has 24 heavy (non-hydrogen) atoms. The number of methoxy groups -OCH3 is 1. The molecule has 0 spiro atoms. The second-order valence-corrected chi connectivity index (χ2v) is 6.17. The molecule has 0 heterocycles. The summed E-state index contributed by atoms with van der Waals surface area (Å²) >= 11 is 0. The highest BCUT2D eigenvalue weighted by atomic mass is 16.5. The fraction of sp³-hybridized carbons (Fsp3) is 0.0435. The molecular formula is C23H16O. The second kappa shape index (κ2) is 4.97. The predicted molar refractivity (Wildman–Crippen MR) is 103 cm³/mol. The number of benzene rings is 5. The van der Waals surface area contributed by atoms with E-state index in [1.807, 2.05) is 0 Å². The van der Waals surface area contributed by atoms with E-state index in [0.29, 0.717) is 0 Å². The monoisotopic (exact) mass is 308 g/mol. The Bertz CT molecular complexity index is 1230. The van der Waals surface area contributed by atoms with Gasteiger partial charge in [0.1, 0.15) is 5.75 Å². The summed E-state index contributed by atoms with van der Waals surface area (Å²) in [6.07, 6.45) is 0. The van der Waals surface area contributed by atoms with Gasteiger partial charge in [-0.1, -0.05) is 66.7 Å². The lowest BCUT2D eigenvalue weighted by molar-refractivity contribution is 0.420. The molecule has 0 aliphatic heterocycles. The van der Waals surface area contributed by atoms with Crippen molar-refractivity contribution in [2.24, 2.45) is 0 Å². The Morgan fingerprint density at radius 2 is 1.17 bits per heavy atom. The minimum atomic E-state index is 0.929. The first kappa shape index (κ1) is 13.4. The van der Waals surface area contributed by atoms with Crippen LogP contribution in [0.25, 0.3) is 43.1 Å². The molecule has 0 aliphatic carbocycles. The first-order chi connectivity index (χ1) is 11.9. The molecule has 0 saturated carbocycles. The molecule has 0 aromatic heterocycles. The maximum Gasteiger partial charge on any atom is 0.127 e. The van der Waals surface area contributed by atoms with Crippen molar-refractivity contribution < 1.29 is 4.74 Å². The van der Waals surface area contributed by atoms with Crippen LogP contribution < -0.4 is 4.74 Å². The van der Waals surface area contributed by atoms with E-state index in [9.17, 15) is 0 Å². The Morgan fingerprint density at radius 3 is 1.96 bits per heavy atom. The Hall–Kier alpha value is -3.06. The third-order valence-electron chi connectivity index (χ3n) is 4.91. The molecule has 0 amide bonds. The Kier molecular flexibility index (Phi) is 2.77. The minimum Gasteiger partial charge on any atom is -0.496 e. The molecular weight excluding hydrogens is 292 g/mol. The lowest BCUT2D eigenvalue weighted by Gasteiger charge is -2.14. The molecule has 0 N–H and O–H groups in total. The van der Waals surface area contributed by atoms with Crippen LogP contribution in [0, 0.1) is 0 Å². The second-order valence-electron chi connectivity index (χ2n) is 6.17. The van der Waals surface area contributed by atoms with Crippen LogP contribution in [0.5, 0.6) is 5.75 Å². The maximum atomic E-state index is 5.70. The molecule has 0 fully saturated rings. The van der Waals surface area contributed by atoms with Gasteiger partial charge in [-0.05, 0) is 44.5 Å². The van der Waals surface area contributed by atoms with Crippen molar-refractivity contribution in [3.8, 4) is 5.75 Å². The van der Waals surface area contributed by atoms with Crippen LogP contribution >= 0.6 is 0 Å². The van der Waals surface area contributed by atoms with Crippen molar-refractivity contribution in [3.05, 3.63) is 78.9 Å². The van der Waals surface area contributed by atoms with Gasteiger partial charge in [0.05, 0.1) is 7.11 Å². The van der Waals surface area contributed by atoms with Gasteiger partial charge in [0.2, 0.25) is 0 Å². The number of ether oxygens (including phenoxy) is 1. The summed E-state index contributed by atoms with van der Waals surface area (Å²) in [5.74, 6) is 0.929. The number of rotatable bonds is 1. The molecule has 0 atom stereocenters. The quantitative estimate of drug-likeness (QED) is 0.330. The van der Waals surface area contributed by atoms with Gasteiger partial charge in [-0.2, -0.15) is 0 Å². The first-order valence-electron chi connectivity index (χ1n) is 8.17.